The summed E-state index contributed by atoms with van der Waals surface area (Å²) < 4.78 is 4.98. The number of carbonyl (C=O) groups is 1. The van der Waals surface area contributed by atoms with Gasteiger partial charge in [0, 0.05) is 6.07 Å². The molecule has 0 bridgehead atoms. The number of anilines is 3. The van der Waals surface area contributed by atoms with Crippen LogP contribution < -0.4 is 10.6 Å². The van der Waals surface area contributed by atoms with Crippen molar-refractivity contribution in [2.75, 3.05) is 10.6 Å². The molecule has 0 unspecified atom stereocenters. The highest BCUT2D eigenvalue weighted by Crippen LogP contribution is 2.16. The van der Waals surface area contributed by atoms with Crippen molar-refractivity contribution in [2.45, 2.75) is 13.3 Å². The Morgan fingerprint density at radius 3 is 2.61 bits per heavy atom. The van der Waals surface area contributed by atoms with E-state index in [1.54, 1.807) is 18.3 Å². The van der Waals surface area contributed by atoms with Crippen molar-refractivity contribution < 1.29 is 9.32 Å². The Bertz CT molecular complexity index is 782. The maximum atomic E-state index is 12.0. The number of nitrogens with one attached hydrogen (secondary N) is 2. The average Bonchev–Trinajstić information content (AvgIpc) is 2.95. The van der Waals surface area contributed by atoms with Crippen LogP contribution in [0.3, 0.4) is 0 Å². The molecule has 3 rings (SSSR count). The third-order valence-corrected chi connectivity index (χ3v) is 3.14. The Balaban J connectivity index is 1.57. The number of aryl methyl sites for hydroxylation is 1. The van der Waals surface area contributed by atoms with Crippen molar-refractivity contribution in [3.8, 4) is 0 Å². The molecule has 0 aliphatic carbocycles. The minimum absolute atomic E-state index is 0.100. The minimum atomic E-state index is -0.100. The molecule has 23 heavy (non-hydrogen) atoms. The van der Waals surface area contributed by atoms with Crippen molar-refractivity contribution in [1.29, 1.82) is 0 Å². The highest BCUT2D eigenvalue weighted by Gasteiger charge is 2.05. The van der Waals surface area contributed by atoms with Crippen molar-refractivity contribution >= 4 is 23.2 Å². The zero-order valence-corrected chi connectivity index (χ0v) is 12.6. The van der Waals surface area contributed by atoms with Gasteiger partial charge in [0.05, 0.1) is 18.3 Å². The lowest BCUT2D eigenvalue weighted by Gasteiger charge is -2.06. The number of nitrogens with zero attached hydrogens (tertiary/aromatic N) is 2. The SMILES string of the molecule is Cc1cc(Nc2ccc(NC(=O)Cc3ccccc3)nc2)no1. The van der Waals surface area contributed by atoms with Gasteiger partial charge < -0.3 is 15.2 Å². The third kappa shape index (κ3) is 4.16. The van der Waals surface area contributed by atoms with Crippen LogP contribution in [0, 0.1) is 6.92 Å². The first-order valence-corrected chi connectivity index (χ1v) is 7.19. The summed E-state index contributed by atoms with van der Waals surface area (Å²) in [6, 6.07) is 14.9. The predicted octanol–water partition coefficient (Wildman–Crippen LogP) is 3.30. The number of amides is 1. The lowest BCUT2D eigenvalue weighted by molar-refractivity contribution is -0.115. The number of hydrogen-bond donors (Lipinski definition) is 2. The fourth-order valence-corrected chi connectivity index (χ4v) is 2.08. The van der Waals surface area contributed by atoms with Gasteiger partial charge in [-0.1, -0.05) is 35.5 Å². The van der Waals surface area contributed by atoms with Crippen LogP contribution in [0.1, 0.15) is 11.3 Å². The molecule has 0 spiro atoms. The molecule has 1 amide bonds. The van der Waals surface area contributed by atoms with Gasteiger partial charge in [0.25, 0.3) is 0 Å². The molecule has 0 saturated carbocycles. The molecule has 2 aromatic heterocycles. The number of benzene rings is 1. The van der Waals surface area contributed by atoms with E-state index in [4.69, 9.17) is 4.52 Å². The van der Waals surface area contributed by atoms with Gasteiger partial charge in [-0.2, -0.15) is 0 Å². The van der Waals surface area contributed by atoms with Crippen molar-refractivity contribution in [2.24, 2.45) is 0 Å². The largest absolute Gasteiger partial charge is 0.360 e. The van der Waals surface area contributed by atoms with Gasteiger partial charge in [-0.15, -0.1) is 0 Å². The second-order valence-corrected chi connectivity index (χ2v) is 5.09. The molecule has 6 heteroatoms. The third-order valence-electron chi connectivity index (χ3n) is 3.14. The highest BCUT2D eigenvalue weighted by molar-refractivity contribution is 5.91. The second-order valence-electron chi connectivity index (χ2n) is 5.09. The number of pyridine rings is 1. The zero-order valence-electron chi connectivity index (χ0n) is 12.6. The van der Waals surface area contributed by atoms with E-state index in [-0.39, 0.29) is 5.91 Å². The van der Waals surface area contributed by atoms with Gasteiger partial charge in [0.1, 0.15) is 11.6 Å². The summed E-state index contributed by atoms with van der Waals surface area (Å²) in [6.07, 6.45) is 1.95. The normalized spacial score (nSPS) is 10.3. The summed E-state index contributed by atoms with van der Waals surface area (Å²) in [5.41, 5.74) is 1.73. The topological polar surface area (TPSA) is 80.0 Å². The second kappa shape index (κ2) is 6.74. The van der Waals surface area contributed by atoms with Gasteiger partial charge in [0.15, 0.2) is 5.82 Å². The fraction of sp³-hybridized carbons (Fsp3) is 0.118. The van der Waals surface area contributed by atoms with Crippen LogP contribution in [-0.2, 0) is 11.2 Å². The predicted molar refractivity (Wildman–Crippen MR) is 87.5 cm³/mol. The van der Waals surface area contributed by atoms with Crippen LogP contribution >= 0.6 is 0 Å². The van der Waals surface area contributed by atoms with Gasteiger partial charge in [0.2, 0.25) is 5.91 Å². The van der Waals surface area contributed by atoms with Crippen molar-refractivity contribution in [3.05, 3.63) is 66.1 Å². The summed E-state index contributed by atoms with van der Waals surface area (Å²) in [6.45, 7) is 1.82. The average molecular weight is 308 g/mol. The molecule has 0 aliphatic heterocycles. The van der Waals surface area contributed by atoms with Gasteiger partial charge >= 0.3 is 0 Å². The maximum absolute atomic E-state index is 12.0. The van der Waals surface area contributed by atoms with Gasteiger partial charge in [-0.05, 0) is 24.6 Å². The summed E-state index contributed by atoms with van der Waals surface area (Å²) in [7, 11) is 0. The zero-order chi connectivity index (χ0) is 16.1. The lowest BCUT2D eigenvalue weighted by Crippen LogP contribution is -2.15. The van der Waals surface area contributed by atoms with Gasteiger partial charge in [-0.3, -0.25) is 4.79 Å². The van der Waals surface area contributed by atoms with E-state index in [0.29, 0.717) is 18.1 Å². The van der Waals surface area contributed by atoms with Crippen LogP contribution in [0.15, 0.2) is 59.3 Å². The van der Waals surface area contributed by atoms with E-state index in [2.05, 4.69) is 20.8 Å². The molecule has 1 aromatic carbocycles. The van der Waals surface area contributed by atoms with E-state index in [0.717, 1.165) is 17.0 Å². The van der Waals surface area contributed by atoms with Crippen LogP contribution in [-0.4, -0.2) is 16.0 Å². The monoisotopic (exact) mass is 308 g/mol. The fourth-order valence-electron chi connectivity index (χ4n) is 2.08. The van der Waals surface area contributed by atoms with E-state index >= 15 is 0 Å². The van der Waals surface area contributed by atoms with Crippen LogP contribution in [0.2, 0.25) is 0 Å². The Morgan fingerprint density at radius 1 is 1.13 bits per heavy atom. The van der Waals surface area contributed by atoms with E-state index < -0.39 is 0 Å². The lowest BCUT2D eigenvalue weighted by atomic mass is 10.1. The van der Waals surface area contributed by atoms with Crippen LogP contribution in [0.5, 0.6) is 0 Å². The Labute approximate surface area is 133 Å². The van der Waals surface area contributed by atoms with Crippen molar-refractivity contribution in [1.82, 2.24) is 10.1 Å². The molecule has 0 atom stereocenters. The summed E-state index contributed by atoms with van der Waals surface area (Å²) in [5, 5.41) is 9.68. The molecule has 0 fully saturated rings. The molecule has 2 heterocycles. The van der Waals surface area contributed by atoms with Crippen LogP contribution in [0.25, 0.3) is 0 Å². The Kier molecular flexibility index (Phi) is 4.33. The summed E-state index contributed by atoms with van der Waals surface area (Å²) in [5.74, 6) is 1.75. The highest BCUT2D eigenvalue weighted by atomic mass is 16.5. The maximum Gasteiger partial charge on any atom is 0.229 e. The minimum Gasteiger partial charge on any atom is -0.360 e. The number of aromatic nitrogens is 2. The van der Waals surface area contributed by atoms with E-state index in [9.17, 15) is 4.79 Å². The van der Waals surface area contributed by atoms with Crippen LogP contribution in [0.4, 0.5) is 17.3 Å². The summed E-state index contributed by atoms with van der Waals surface area (Å²) in [4.78, 5) is 16.2. The Hall–Kier alpha value is -3.15. The first-order chi connectivity index (χ1) is 11.2. The standard InChI is InChI=1S/C17H16N4O2/c1-12-9-16(21-23-12)19-14-7-8-15(18-11-14)20-17(22)10-13-5-3-2-4-6-13/h2-9,11H,10H2,1H3,(H,19,21)(H,18,20,22). The molecule has 3 aromatic rings. The molecular formula is C17H16N4O2. The molecule has 0 saturated heterocycles. The number of carbonyl (C=O) groups excluding carboxylic acids is 1. The smallest absolute Gasteiger partial charge is 0.229 e. The molecular weight excluding hydrogens is 292 g/mol. The molecule has 6 nitrogen and oxygen atoms in total. The molecule has 116 valence electrons. The van der Waals surface area contributed by atoms with Crippen molar-refractivity contribution in [3.63, 3.8) is 0 Å². The quantitative estimate of drug-likeness (QED) is 0.756. The Morgan fingerprint density at radius 2 is 1.96 bits per heavy atom. The van der Waals surface area contributed by atoms with Gasteiger partial charge in [-0.25, -0.2) is 4.98 Å². The first kappa shape index (κ1) is 14.8. The van der Waals surface area contributed by atoms with E-state index in [1.807, 2.05) is 43.3 Å². The number of hydrogen-bond acceptors (Lipinski definition) is 5. The number of rotatable bonds is 5. The molecule has 0 aliphatic rings. The summed E-state index contributed by atoms with van der Waals surface area (Å²) >= 11 is 0. The first-order valence-electron chi connectivity index (χ1n) is 7.19. The molecule has 2 N–H and O–H groups in total. The molecule has 0 radical (unpaired) electrons. The van der Waals surface area contributed by atoms with E-state index in [1.165, 1.54) is 0 Å².